The lowest BCUT2D eigenvalue weighted by Crippen LogP contribution is -2.15. The van der Waals surface area contributed by atoms with Crippen LogP contribution in [0, 0.1) is 0 Å². The first-order valence-electron chi connectivity index (χ1n) is 9.71. The number of nitrogens with zero attached hydrogens (tertiary/aromatic N) is 5. The molecule has 4 heterocycles. The molecular formula is C19H24N6O2. The smallest absolute Gasteiger partial charge is 0.164 e. The molecule has 1 saturated carbocycles. The zero-order valence-corrected chi connectivity index (χ0v) is 15.7. The first-order chi connectivity index (χ1) is 13.1. The number of fused-ring (bicyclic) bond motifs is 1. The molecule has 2 aliphatic rings. The zero-order chi connectivity index (χ0) is 18.5. The highest BCUT2D eigenvalue weighted by atomic mass is 16.5. The minimum absolute atomic E-state index is 0.150. The van der Waals surface area contributed by atoms with Crippen LogP contribution in [0.25, 0.3) is 22.4 Å². The fourth-order valence-corrected chi connectivity index (χ4v) is 4.02. The Morgan fingerprint density at radius 3 is 2.56 bits per heavy atom. The van der Waals surface area contributed by atoms with Gasteiger partial charge in [0.2, 0.25) is 0 Å². The molecule has 0 aromatic carbocycles. The number of nitrogens with two attached hydrogens (primary N) is 1. The highest BCUT2D eigenvalue weighted by Gasteiger charge is 2.37. The zero-order valence-electron chi connectivity index (χ0n) is 15.7. The Hall–Kier alpha value is -2.48. The van der Waals surface area contributed by atoms with Crippen molar-refractivity contribution in [2.24, 2.45) is 0 Å². The predicted molar refractivity (Wildman–Crippen MR) is 100 cm³/mol. The summed E-state index contributed by atoms with van der Waals surface area (Å²) < 4.78 is 13.3. The predicted octanol–water partition coefficient (Wildman–Crippen LogP) is 3.42. The molecule has 8 nitrogen and oxygen atoms in total. The van der Waals surface area contributed by atoms with Crippen molar-refractivity contribution in [2.75, 3.05) is 18.9 Å². The first kappa shape index (κ1) is 16.7. The van der Waals surface area contributed by atoms with Gasteiger partial charge in [-0.2, -0.15) is 5.10 Å². The number of ether oxygens (including phenoxy) is 1. The molecule has 2 fully saturated rings. The summed E-state index contributed by atoms with van der Waals surface area (Å²) in [6.07, 6.45) is 5.76. The molecule has 0 unspecified atom stereocenters. The molecule has 0 atom stereocenters. The second-order valence-electron chi connectivity index (χ2n) is 7.81. The molecule has 2 N–H and O–H groups in total. The van der Waals surface area contributed by atoms with Gasteiger partial charge in [-0.25, -0.2) is 14.6 Å². The van der Waals surface area contributed by atoms with Gasteiger partial charge in [-0.3, -0.25) is 0 Å². The number of rotatable bonds is 4. The van der Waals surface area contributed by atoms with E-state index < -0.39 is 0 Å². The summed E-state index contributed by atoms with van der Waals surface area (Å²) in [6, 6.07) is 0.150. The molecule has 1 aliphatic heterocycles. The summed E-state index contributed by atoms with van der Waals surface area (Å²) in [6.45, 7) is 5.69. The van der Waals surface area contributed by atoms with Crippen LogP contribution in [0.15, 0.2) is 10.9 Å². The van der Waals surface area contributed by atoms with Crippen LogP contribution in [-0.4, -0.2) is 38.1 Å². The first-order valence-corrected chi connectivity index (χ1v) is 9.71. The van der Waals surface area contributed by atoms with E-state index in [1.54, 1.807) is 0 Å². The Bertz CT molecular complexity index is 982. The van der Waals surface area contributed by atoms with Gasteiger partial charge in [0.25, 0.3) is 0 Å². The Labute approximate surface area is 157 Å². The van der Waals surface area contributed by atoms with E-state index in [1.807, 2.05) is 4.68 Å². The Kier molecular flexibility index (Phi) is 3.89. The molecule has 142 valence electrons. The maximum atomic E-state index is 6.23. The van der Waals surface area contributed by atoms with Gasteiger partial charge in [-0.1, -0.05) is 5.16 Å². The summed E-state index contributed by atoms with van der Waals surface area (Å²) in [4.78, 5) is 8.63. The molecule has 0 bridgehead atoms. The van der Waals surface area contributed by atoms with Gasteiger partial charge in [0.15, 0.2) is 5.65 Å². The van der Waals surface area contributed by atoms with Crippen molar-refractivity contribution in [3.63, 3.8) is 0 Å². The minimum atomic E-state index is 0.150. The van der Waals surface area contributed by atoms with Crippen molar-refractivity contribution in [3.8, 4) is 11.4 Å². The van der Waals surface area contributed by atoms with Crippen molar-refractivity contribution in [3.05, 3.63) is 17.7 Å². The average Bonchev–Trinajstić information content (AvgIpc) is 3.29. The fraction of sp³-hybridized carbons (Fsp3) is 0.579. The normalized spacial score (nSPS) is 18.6. The average molecular weight is 368 g/mol. The van der Waals surface area contributed by atoms with E-state index in [0.29, 0.717) is 17.7 Å². The Morgan fingerprint density at radius 2 is 1.85 bits per heavy atom. The third-order valence-electron chi connectivity index (χ3n) is 5.57. The van der Waals surface area contributed by atoms with Crippen molar-refractivity contribution >= 4 is 16.9 Å². The van der Waals surface area contributed by atoms with Crippen LogP contribution in [0.4, 0.5) is 5.82 Å². The minimum Gasteiger partial charge on any atom is -0.383 e. The second-order valence-corrected chi connectivity index (χ2v) is 7.81. The second kappa shape index (κ2) is 6.30. The third kappa shape index (κ3) is 2.70. The molecule has 3 aromatic rings. The molecule has 0 spiro atoms. The third-order valence-corrected chi connectivity index (χ3v) is 5.57. The SMILES string of the molecule is CC(C)n1nc(-c2noc(C3CC3)c2C2CCOCC2)c2c(N)ncnc21. The number of hydrogen-bond donors (Lipinski definition) is 1. The van der Waals surface area contributed by atoms with Gasteiger partial charge >= 0.3 is 0 Å². The highest BCUT2D eigenvalue weighted by Crippen LogP contribution is 2.48. The molecule has 1 saturated heterocycles. The van der Waals surface area contributed by atoms with Crippen LogP contribution in [0.2, 0.25) is 0 Å². The van der Waals surface area contributed by atoms with E-state index in [0.717, 1.165) is 67.1 Å². The summed E-state index contributed by atoms with van der Waals surface area (Å²) in [5, 5.41) is 10.1. The van der Waals surface area contributed by atoms with Crippen molar-refractivity contribution in [1.29, 1.82) is 0 Å². The van der Waals surface area contributed by atoms with Crippen molar-refractivity contribution in [1.82, 2.24) is 24.9 Å². The molecule has 8 heteroatoms. The Balaban J connectivity index is 1.73. The summed E-state index contributed by atoms with van der Waals surface area (Å²) in [5.74, 6) is 2.31. The monoisotopic (exact) mass is 368 g/mol. The number of aromatic nitrogens is 5. The van der Waals surface area contributed by atoms with Crippen LogP contribution in [0.1, 0.15) is 68.7 Å². The molecular weight excluding hydrogens is 344 g/mol. The topological polar surface area (TPSA) is 105 Å². The number of nitrogen functional groups attached to an aromatic ring is 1. The van der Waals surface area contributed by atoms with Gasteiger partial charge in [0, 0.05) is 30.7 Å². The maximum absolute atomic E-state index is 6.23. The molecule has 0 amide bonds. The fourth-order valence-electron chi connectivity index (χ4n) is 4.02. The van der Waals surface area contributed by atoms with Gasteiger partial charge in [0.1, 0.15) is 29.3 Å². The van der Waals surface area contributed by atoms with E-state index in [1.165, 1.54) is 11.9 Å². The van der Waals surface area contributed by atoms with E-state index in [9.17, 15) is 0 Å². The number of anilines is 1. The standard InChI is InChI=1S/C19H24N6O2/c1-10(2)25-19-14(18(20)21-9-22-19)15(23-25)16-13(11-5-7-26-8-6-11)17(27-24-16)12-3-4-12/h9-12H,3-8H2,1-2H3,(H2,20,21,22). The van der Waals surface area contributed by atoms with E-state index in [2.05, 4.69) is 29.0 Å². The van der Waals surface area contributed by atoms with E-state index >= 15 is 0 Å². The molecule has 5 rings (SSSR count). The summed E-state index contributed by atoms with van der Waals surface area (Å²) in [7, 11) is 0. The lowest BCUT2D eigenvalue weighted by Gasteiger charge is -2.22. The number of hydrogen-bond acceptors (Lipinski definition) is 7. The van der Waals surface area contributed by atoms with Crippen molar-refractivity contribution < 1.29 is 9.26 Å². The van der Waals surface area contributed by atoms with Crippen LogP contribution < -0.4 is 5.73 Å². The van der Waals surface area contributed by atoms with E-state index in [-0.39, 0.29) is 6.04 Å². The van der Waals surface area contributed by atoms with Crippen LogP contribution in [0.5, 0.6) is 0 Å². The lowest BCUT2D eigenvalue weighted by molar-refractivity contribution is 0.0850. The lowest BCUT2D eigenvalue weighted by atomic mass is 9.88. The van der Waals surface area contributed by atoms with Crippen molar-refractivity contribution in [2.45, 2.75) is 57.4 Å². The molecule has 0 radical (unpaired) electrons. The van der Waals surface area contributed by atoms with Gasteiger partial charge in [-0.05, 0) is 45.4 Å². The summed E-state index contributed by atoms with van der Waals surface area (Å²) >= 11 is 0. The maximum Gasteiger partial charge on any atom is 0.164 e. The van der Waals surface area contributed by atoms with Gasteiger partial charge in [0.05, 0.1) is 5.39 Å². The highest BCUT2D eigenvalue weighted by molar-refractivity contribution is 5.98. The van der Waals surface area contributed by atoms with Gasteiger partial charge < -0.3 is 15.0 Å². The van der Waals surface area contributed by atoms with Crippen LogP contribution in [0.3, 0.4) is 0 Å². The Morgan fingerprint density at radius 1 is 1.07 bits per heavy atom. The molecule has 1 aliphatic carbocycles. The quantitative estimate of drug-likeness (QED) is 0.752. The van der Waals surface area contributed by atoms with E-state index in [4.69, 9.17) is 20.1 Å². The largest absolute Gasteiger partial charge is 0.383 e. The van der Waals surface area contributed by atoms with Crippen LogP contribution in [-0.2, 0) is 4.74 Å². The van der Waals surface area contributed by atoms with Crippen LogP contribution >= 0.6 is 0 Å². The molecule has 3 aromatic heterocycles. The van der Waals surface area contributed by atoms with Gasteiger partial charge in [-0.15, -0.1) is 0 Å². The molecule has 27 heavy (non-hydrogen) atoms. The summed E-state index contributed by atoms with van der Waals surface area (Å²) in [5.41, 5.74) is 9.69.